The highest BCUT2D eigenvalue weighted by molar-refractivity contribution is 6.10. The Hall–Kier alpha value is -3.63. The molecule has 262 valence electrons. The number of primary amides is 2. The number of Topliss-reactive ketones (excluding diaryl/α,β-unsaturated/α-hetero) is 1. The van der Waals surface area contributed by atoms with Gasteiger partial charge in [0.2, 0.25) is 17.4 Å². The number of aliphatic hydroxyl groups excluding tert-OH is 3. The molecular formula is C26H44N6O14. The van der Waals surface area contributed by atoms with Crippen LogP contribution in [-0.2, 0) is 47.8 Å². The van der Waals surface area contributed by atoms with Crippen molar-refractivity contribution in [2.75, 3.05) is 6.61 Å². The molecule has 10 atom stereocenters. The lowest BCUT2D eigenvalue weighted by atomic mass is 9.91. The van der Waals surface area contributed by atoms with Gasteiger partial charge < -0.3 is 68.2 Å². The second-order valence-corrected chi connectivity index (χ2v) is 11.0. The van der Waals surface area contributed by atoms with Crippen LogP contribution >= 0.6 is 0 Å². The van der Waals surface area contributed by atoms with Gasteiger partial charge in [-0.25, -0.2) is 14.4 Å². The number of esters is 2. The van der Waals surface area contributed by atoms with E-state index in [9.17, 15) is 54.0 Å². The summed E-state index contributed by atoms with van der Waals surface area (Å²) in [5.41, 5.74) is 24.6. The Bertz CT molecular complexity index is 1150. The molecule has 0 bridgehead atoms. The molecule has 20 nitrogen and oxygen atoms in total. The maximum atomic E-state index is 14.4. The van der Waals surface area contributed by atoms with Crippen LogP contribution in [0, 0.1) is 0 Å². The first-order chi connectivity index (χ1) is 21.2. The maximum Gasteiger partial charge on any atom is 0.336 e. The SMILES string of the molecule is CC(=O)C(C)(O[C@@H]1[C@@H](N)[C@@H](O)O[C@H](CO)[C@H]1O)C(=O)N(C(CCCC(N)C(N)=O)C(=O)O)[C@H](CCC(N)=O)C(=O)OC(=O)[C@H](C)N. The van der Waals surface area contributed by atoms with E-state index in [4.69, 9.17) is 42.9 Å². The Morgan fingerprint density at radius 1 is 0.978 bits per heavy atom. The predicted molar refractivity (Wildman–Crippen MR) is 152 cm³/mol. The van der Waals surface area contributed by atoms with Crippen LogP contribution in [0.2, 0.25) is 0 Å². The number of ketones is 1. The summed E-state index contributed by atoms with van der Waals surface area (Å²) in [6, 6.07) is -8.31. The van der Waals surface area contributed by atoms with Gasteiger partial charge >= 0.3 is 17.9 Å². The summed E-state index contributed by atoms with van der Waals surface area (Å²) in [6.07, 6.45) is -9.25. The molecule has 1 aliphatic heterocycles. The molecule has 3 unspecified atom stereocenters. The zero-order valence-electron chi connectivity index (χ0n) is 25.6. The quantitative estimate of drug-likeness (QED) is 0.0487. The number of carboxylic acids is 1. The second-order valence-electron chi connectivity index (χ2n) is 11.0. The Balaban J connectivity index is 3.85. The van der Waals surface area contributed by atoms with Crippen molar-refractivity contribution < 1.29 is 68.2 Å². The number of ether oxygens (including phenoxy) is 3. The van der Waals surface area contributed by atoms with E-state index in [1.807, 2.05) is 0 Å². The average molecular weight is 665 g/mol. The number of aliphatic hydroxyl groups is 3. The van der Waals surface area contributed by atoms with Crippen LogP contribution in [0.25, 0.3) is 0 Å². The molecule has 1 saturated heterocycles. The number of carbonyl (C=O) groups excluding carboxylic acids is 6. The summed E-state index contributed by atoms with van der Waals surface area (Å²) in [6.45, 7) is 2.03. The predicted octanol–water partition coefficient (Wildman–Crippen LogP) is -5.57. The average Bonchev–Trinajstić information content (AvgIpc) is 2.96. The van der Waals surface area contributed by atoms with Crippen molar-refractivity contribution in [2.24, 2.45) is 28.7 Å². The van der Waals surface area contributed by atoms with Crippen LogP contribution in [0.3, 0.4) is 0 Å². The van der Waals surface area contributed by atoms with Crippen molar-refractivity contribution in [2.45, 2.75) is 113 Å². The largest absolute Gasteiger partial charge is 0.480 e. The topological polar surface area (TPSA) is 361 Å². The molecule has 0 saturated carbocycles. The molecule has 14 N–H and O–H groups in total. The number of amides is 3. The molecule has 1 heterocycles. The molecule has 0 spiro atoms. The van der Waals surface area contributed by atoms with Crippen LogP contribution in [0.1, 0.15) is 52.9 Å². The van der Waals surface area contributed by atoms with Gasteiger partial charge in [0.25, 0.3) is 5.91 Å². The molecule has 1 rings (SSSR count). The van der Waals surface area contributed by atoms with Crippen LogP contribution in [0.4, 0.5) is 0 Å². The van der Waals surface area contributed by atoms with Gasteiger partial charge in [-0.2, -0.15) is 0 Å². The van der Waals surface area contributed by atoms with Crippen molar-refractivity contribution in [1.29, 1.82) is 0 Å². The normalized spacial score (nSPS) is 25.2. The molecule has 0 radical (unpaired) electrons. The zero-order valence-corrected chi connectivity index (χ0v) is 25.6. The molecule has 0 aromatic heterocycles. The highest BCUT2D eigenvalue weighted by Gasteiger charge is 2.54. The highest BCUT2D eigenvalue weighted by Crippen LogP contribution is 2.30. The number of carboxylic acid groups (broad SMARTS) is 1. The molecule has 0 aromatic carbocycles. The van der Waals surface area contributed by atoms with E-state index in [1.165, 1.54) is 0 Å². The lowest BCUT2D eigenvalue weighted by molar-refractivity contribution is -0.270. The number of hydrogen-bond acceptors (Lipinski definition) is 16. The smallest absolute Gasteiger partial charge is 0.336 e. The first kappa shape index (κ1) is 40.4. The van der Waals surface area contributed by atoms with Gasteiger partial charge in [0, 0.05) is 6.42 Å². The third kappa shape index (κ3) is 10.2. The maximum absolute atomic E-state index is 14.4. The number of nitrogens with two attached hydrogens (primary N) is 5. The molecule has 0 aromatic rings. The fraction of sp³-hybridized carbons (Fsp3) is 0.731. The molecule has 1 fully saturated rings. The number of rotatable bonds is 18. The monoisotopic (exact) mass is 664 g/mol. The van der Waals surface area contributed by atoms with Gasteiger partial charge in [-0.1, -0.05) is 0 Å². The van der Waals surface area contributed by atoms with Crippen molar-refractivity contribution in [1.82, 2.24) is 4.90 Å². The van der Waals surface area contributed by atoms with E-state index in [0.29, 0.717) is 4.90 Å². The minimum atomic E-state index is -2.78. The highest BCUT2D eigenvalue weighted by atomic mass is 16.6. The Labute approximate surface area is 263 Å². The molecule has 3 amide bonds. The van der Waals surface area contributed by atoms with Gasteiger partial charge in [0.05, 0.1) is 18.7 Å². The number of aliphatic carboxylic acids is 1. The molecule has 20 heteroatoms. The summed E-state index contributed by atoms with van der Waals surface area (Å²) in [5, 5.41) is 40.7. The van der Waals surface area contributed by atoms with Gasteiger partial charge in [0.15, 0.2) is 12.1 Å². The van der Waals surface area contributed by atoms with Crippen LogP contribution < -0.4 is 28.7 Å². The van der Waals surface area contributed by atoms with E-state index >= 15 is 0 Å². The van der Waals surface area contributed by atoms with Crippen molar-refractivity contribution >= 4 is 41.4 Å². The first-order valence-corrected chi connectivity index (χ1v) is 14.2. The minimum absolute atomic E-state index is 0.176. The van der Waals surface area contributed by atoms with Crippen molar-refractivity contribution in [3.8, 4) is 0 Å². The summed E-state index contributed by atoms with van der Waals surface area (Å²) >= 11 is 0. The van der Waals surface area contributed by atoms with Crippen LogP contribution in [0.5, 0.6) is 0 Å². The van der Waals surface area contributed by atoms with Gasteiger partial charge in [-0.05, 0) is 46.5 Å². The number of hydrogen-bond donors (Lipinski definition) is 9. The fourth-order valence-corrected chi connectivity index (χ4v) is 4.52. The van der Waals surface area contributed by atoms with Crippen molar-refractivity contribution in [3.05, 3.63) is 0 Å². The summed E-state index contributed by atoms with van der Waals surface area (Å²) in [4.78, 5) is 89.2. The van der Waals surface area contributed by atoms with Crippen LogP contribution in [-0.4, -0.2) is 134 Å². The minimum Gasteiger partial charge on any atom is -0.480 e. The van der Waals surface area contributed by atoms with Gasteiger partial charge in [-0.15, -0.1) is 0 Å². The Morgan fingerprint density at radius 3 is 2.02 bits per heavy atom. The lowest BCUT2D eigenvalue weighted by Crippen LogP contribution is -2.68. The molecule has 1 aliphatic rings. The van der Waals surface area contributed by atoms with Crippen LogP contribution in [0.15, 0.2) is 0 Å². The summed E-state index contributed by atoms with van der Waals surface area (Å²) < 4.78 is 15.5. The molecular weight excluding hydrogens is 620 g/mol. The third-order valence-electron chi connectivity index (χ3n) is 7.43. The van der Waals surface area contributed by atoms with Gasteiger partial charge in [0.1, 0.15) is 36.4 Å². The van der Waals surface area contributed by atoms with E-state index in [1.54, 1.807) is 0 Å². The summed E-state index contributed by atoms with van der Waals surface area (Å²) in [5.74, 6) is -9.14. The van der Waals surface area contributed by atoms with E-state index in [2.05, 4.69) is 0 Å². The Kier molecular flexibility index (Phi) is 15.2. The van der Waals surface area contributed by atoms with E-state index in [0.717, 1.165) is 20.8 Å². The zero-order chi connectivity index (χ0) is 35.7. The van der Waals surface area contributed by atoms with E-state index < -0.39 is 128 Å². The second kappa shape index (κ2) is 17.3. The third-order valence-corrected chi connectivity index (χ3v) is 7.43. The Morgan fingerprint density at radius 2 is 1.57 bits per heavy atom. The number of nitrogens with zero attached hydrogens (tertiary/aromatic N) is 1. The standard InChI is InChI=1S/C26H44N6O14/c1-10(27)22(40)45-23(41)14(7-8-16(29)35)32(13(21(38)39)6-4-5-12(28)20(31)37)25(43)26(3,11(2)34)46-19-17(30)24(42)44-15(9-33)18(19)36/h10,12-15,17-19,24,33,36,42H,4-9,27-28,30H2,1-3H3,(H2,29,35)(H2,31,37)(H,38,39)/t10-,12?,13?,14+,15+,17+,18+,19+,24-,26?/m0/s1. The number of carbonyl (C=O) groups is 7. The first-order valence-electron chi connectivity index (χ1n) is 14.2. The lowest BCUT2D eigenvalue weighted by Gasteiger charge is -2.45. The molecule has 0 aliphatic carbocycles. The van der Waals surface area contributed by atoms with Crippen molar-refractivity contribution in [3.63, 3.8) is 0 Å². The summed E-state index contributed by atoms with van der Waals surface area (Å²) in [7, 11) is 0. The molecule has 46 heavy (non-hydrogen) atoms. The van der Waals surface area contributed by atoms with Gasteiger partial charge in [-0.3, -0.25) is 19.2 Å². The fourth-order valence-electron chi connectivity index (χ4n) is 4.52. The van der Waals surface area contributed by atoms with E-state index in [-0.39, 0.29) is 12.8 Å².